The molecule has 0 bridgehead atoms. The summed E-state index contributed by atoms with van der Waals surface area (Å²) >= 11 is 5.69. The number of nitrogens with zero attached hydrogens (tertiary/aromatic N) is 1. The molecule has 1 N–H and O–H groups in total. The molecule has 0 spiro atoms. The van der Waals surface area contributed by atoms with Crippen LogP contribution in [-0.4, -0.2) is 13.8 Å². The van der Waals surface area contributed by atoms with E-state index in [9.17, 15) is 8.42 Å². The summed E-state index contributed by atoms with van der Waals surface area (Å²) in [7, 11) is -3.83. The fourth-order valence-electron chi connectivity index (χ4n) is 0.872. The molecular weight excluding hydrogens is 232 g/mol. The Hall–Kier alpha value is -0.860. The summed E-state index contributed by atoms with van der Waals surface area (Å²) in [4.78, 5) is 0. The highest BCUT2D eigenvalue weighted by Gasteiger charge is 2.35. The van der Waals surface area contributed by atoms with Crippen LogP contribution < -0.4 is 5.43 Å². The first-order valence-electron chi connectivity index (χ1n) is 3.52. The number of nitrogens with one attached hydrogen (secondary N) is 1. The first-order chi connectivity index (χ1) is 6.55. The fourth-order valence-corrected chi connectivity index (χ4v) is 1.48. The van der Waals surface area contributed by atoms with E-state index in [1.165, 1.54) is 0 Å². The lowest BCUT2D eigenvalue weighted by molar-refractivity contribution is -0.308. The molecule has 0 aromatic heterocycles. The van der Waals surface area contributed by atoms with Gasteiger partial charge in [-0.2, -0.15) is 8.42 Å². The van der Waals surface area contributed by atoms with E-state index in [4.69, 9.17) is 11.6 Å². The minimum atomic E-state index is -3.83. The monoisotopic (exact) mass is 236 g/mol. The van der Waals surface area contributed by atoms with Gasteiger partial charge in [0.1, 0.15) is 0 Å². The molecule has 1 aliphatic rings. The normalized spacial score (nSPS) is 20.1. The third kappa shape index (κ3) is 2.14. The Kier molecular flexibility index (Phi) is 2.33. The number of benzene rings is 1. The highest BCUT2D eigenvalue weighted by atomic mass is 35.5. The number of hydrogen-bond acceptors (Lipinski definition) is 6. The van der Waals surface area contributed by atoms with Crippen LogP contribution in [0.2, 0.25) is 5.02 Å². The standard InChI is InChI=1S/C6H5ClN2O4S/c7-5-2-1-3-6(4-5)8-9-12-14(10,11)13-9/h1-4,8H. The molecule has 0 atom stereocenters. The second kappa shape index (κ2) is 3.37. The topological polar surface area (TPSA) is 67.9 Å². The molecule has 1 aromatic rings. The number of anilines is 1. The van der Waals surface area contributed by atoms with Crippen molar-refractivity contribution in [1.82, 2.24) is 5.34 Å². The van der Waals surface area contributed by atoms with Gasteiger partial charge in [-0.05, 0) is 18.2 Å². The Labute approximate surface area is 85.2 Å². The van der Waals surface area contributed by atoms with Crippen LogP contribution in [0, 0.1) is 0 Å². The number of rotatable bonds is 2. The molecule has 1 heterocycles. The molecule has 76 valence electrons. The average Bonchev–Trinajstić information content (AvgIpc) is 2.00. The molecule has 1 saturated heterocycles. The van der Waals surface area contributed by atoms with E-state index in [1.807, 2.05) is 0 Å². The van der Waals surface area contributed by atoms with Crippen LogP contribution >= 0.6 is 11.6 Å². The lowest BCUT2D eigenvalue weighted by atomic mass is 10.3. The predicted octanol–water partition coefficient (Wildman–Crippen LogP) is 1.09. The van der Waals surface area contributed by atoms with Gasteiger partial charge in [0.2, 0.25) is 0 Å². The van der Waals surface area contributed by atoms with Crippen LogP contribution in [0.15, 0.2) is 24.3 Å². The molecule has 0 saturated carbocycles. The third-order valence-electron chi connectivity index (χ3n) is 1.36. The molecule has 1 aliphatic heterocycles. The Balaban J connectivity index is 2.00. The second-order valence-electron chi connectivity index (χ2n) is 2.44. The van der Waals surface area contributed by atoms with Gasteiger partial charge in [0.25, 0.3) is 0 Å². The van der Waals surface area contributed by atoms with Crippen molar-refractivity contribution in [3.05, 3.63) is 29.3 Å². The summed E-state index contributed by atoms with van der Waals surface area (Å²) in [6.45, 7) is 0. The van der Waals surface area contributed by atoms with Crippen molar-refractivity contribution in [2.24, 2.45) is 0 Å². The maximum Gasteiger partial charge on any atom is 0.439 e. The van der Waals surface area contributed by atoms with Crippen LogP contribution in [-0.2, 0) is 19.0 Å². The zero-order valence-corrected chi connectivity index (χ0v) is 8.25. The molecule has 2 rings (SSSR count). The summed E-state index contributed by atoms with van der Waals surface area (Å²) in [6, 6.07) is 6.63. The lowest BCUT2D eigenvalue weighted by Crippen LogP contribution is -2.45. The lowest BCUT2D eigenvalue weighted by Gasteiger charge is -2.26. The van der Waals surface area contributed by atoms with Crippen molar-refractivity contribution in [3.8, 4) is 0 Å². The first-order valence-corrected chi connectivity index (χ1v) is 5.23. The van der Waals surface area contributed by atoms with Crippen LogP contribution in [0.5, 0.6) is 0 Å². The van der Waals surface area contributed by atoms with Crippen molar-refractivity contribution >= 4 is 27.7 Å². The van der Waals surface area contributed by atoms with E-state index in [1.54, 1.807) is 24.3 Å². The zero-order valence-electron chi connectivity index (χ0n) is 6.68. The van der Waals surface area contributed by atoms with Crippen LogP contribution in [0.1, 0.15) is 0 Å². The maximum atomic E-state index is 10.4. The van der Waals surface area contributed by atoms with Crippen molar-refractivity contribution < 1.29 is 17.0 Å². The first kappa shape index (κ1) is 9.69. The SMILES string of the molecule is O=S1(=O)ON(Nc2cccc(Cl)c2)O1. The Bertz CT molecular complexity index is 437. The van der Waals surface area contributed by atoms with Crippen LogP contribution in [0.25, 0.3) is 0 Å². The summed E-state index contributed by atoms with van der Waals surface area (Å²) in [5.41, 5.74) is 3.05. The number of hydrazine groups is 1. The molecule has 0 aliphatic carbocycles. The molecule has 8 heteroatoms. The van der Waals surface area contributed by atoms with E-state index in [0.717, 1.165) is 0 Å². The largest absolute Gasteiger partial charge is 0.439 e. The number of halogens is 1. The van der Waals surface area contributed by atoms with Crippen molar-refractivity contribution in [2.75, 3.05) is 5.43 Å². The van der Waals surface area contributed by atoms with Gasteiger partial charge in [0.15, 0.2) is 0 Å². The van der Waals surface area contributed by atoms with Crippen molar-refractivity contribution in [2.45, 2.75) is 0 Å². The maximum absolute atomic E-state index is 10.4. The van der Waals surface area contributed by atoms with Crippen LogP contribution in [0.4, 0.5) is 5.69 Å². The molecule has 14 heavy (non-hydrogen) atoms. The molecular formula is C6H5ClN2O4S. The van der Waals surface area contributed by atoms with Crippen LogP contribution in [0.3, 0.4) is 0 Å². The third-order valence-corrected chi connectivity index (χ3v) is 2.23. The molecule has 0 radical (unpaired) electrons. The fraction of sp³-hybridized carbons (Fsp3) is 0. The molecule has 0 amide bonds. The van der Waals surface area contributed by atoms with Gasteiger partial charge < -0.3 is 0 Å². The van der Waals surface area contributed by atoms with Gasteiger partial charge >= 0.3 is 10.4 Å². The van der Waals surface area contributed by atoms with Gasteiger partial charge in [-0.15, -0.1) is 8.57 Å². The molecule has 1 fully saturated rings. The molecule has 6 nitrogen and oxygen atoms in total. The summed E-state index contributed by atoms with van der Waals surface area (Å²) in [5, 5.41) is 1.12. The molecule has 1 aromatic carbocycles. The smallest absolute Gasteiger partial charge is 0.269 e. The number of hydrogen-bond donors (Lipinski definition) is 1. The highest BCUT2D eigenvalue weighted by molar-refractivity contribution is 7.82. The summed E-state index contributed by atoms with van der Waals surface area (Å²) in [6.07, 6.45) is 0. The minimum absolute atomic E-state index is 0.512. The zero-order chi connectivity index (χ0) is 10.2. The van der Waals surface area contributed by atoms with Gasteiger partial charge in [0, 0.05) is 5.02 Å². The minimum Gasteiger partial charge on any atom is -0.269 e. The van der Waals surface area contributed by atoms with Crippen molar-refractivity contribution in [3.63, 3.8) is 0 Å². The second-order valence-corrected chi connectivity index (χ2v) is 3.99. The average molecular weight is 237 g/mol. The predicted molar refractivity (Wildman–Crippen MR) is 48.0 cm³/mol. The Morgan fingerprint density at radius 3 is 2.64 bits per heavy atom. The summed E-state index contributed by atoms with van der Waals surface area (Å²) < 4.78 is 29.2. The van der Waals surface area contributed by atoms with E-state index in [2.05, 4.69) is 14.0 Å². The van der Waals surface area contributed by atoms with Gasteiger partial charge in [-0.3, -0.25) is 5.43 Å². The van der Waals surface area contributed by atoms with Gasteiger partial charge in [-0.1, -0.05) is 17.7 Å². The Morgan fingerprint density at radius 1 is 1.36 bits per heavy atom. The van der Waals surface area contributed by atoms with E-state index in [0.29, 0.717) is 16.0 Å². The van der Waals surface area contributed by atoms with Gasteiger partial charge in [0.05, 0.1) is 11.0 Å². The van der Waals surface area contributed by atoms with E-state index >= 15 is 0 Å². The Morgan fingerprint density at radius 2 is 2.07 bits per heavy atom. The highest BCUT2D eigenvalue weighted by Crippen LogP contribution is 2.20. The van der Waals surface area contributed by atoms with Crippen molar-refractivity contribution in [1.29, 1.82) is 0 Å². The molecule has 0 unspecified atom stereocenters. The quantitative estimate of drug-likeness (QED) is 0.829. The van der Waals surface area contributed by atoms with E-state index in [-0.39, 0.29) is 0 Å². The summed E-state index contributed by atoms with van der Waals surface area (Å²) in [5.74, 6) is 0. The van der Waals surface area contributed by atoms with E-state index < -0.39 is 10.4 Å². The van der Waals surface area contributed by atoms with Gasteiger partial charge in [-0.25, -0.2) is 0 Å².